The molecule has 1 aliphatic carbocycles. The lowest BCUT2D eigenvalue weighted by Crippen LogP contribution is -2.41. The molecular formula is C18H26N2. The Labute approximate surface area is 122 Å². The lowest BCUT2D eigenvalue weighted by Gasteiger charge is -2.34. The van der Waals surface area contributed by atoms with Crippen molar-refractivity contribution in [1.82, 2.24) is 10.3 Å². The monoisotopic (exact) mass is 270 g/mol. The summed E-state index contributed by atoms with van der Waals surface area (Å²) in [6.07, 6.45) is 7.42. The first-order chi connectivity index (χ1) is 9.75. The van der Waals surface area contributed by atoms with E-state index in [1.807, 2.05) is 0 Å². The number of aromatic nitrogens is 1. The van der Waals surface area contributed by atoms with Gasteiger partial charge in [-0.05, 0) is 42.9 Å². The largest absolute Gasteiger partial charge is 0.361 e. The molecule has 0 saturated heterocycles. The number of benzene rings is 1. The number of nitrogens with one attached hydrogen (secondary N) is 2. The summed E-state index contributed by atoms with van der Waals surface area (Å²) in [5, 5.41) is 5.17. The van der Waals surface area contributed by atoms with Crippen LogP contribution in [-0.2, 0) is 6.42 Å². The lowest BCUT2D eigenvalue weighted by atomic mass is 9.78. The molecule has 1 aromatic carbocycles. The number of hydrogen-bond acceptors (Lipinski definition) is 1. The van der Waals surface area contributed by atoms with Crippen LogP contribution in [0.5, 0.6) is 0 Å². The Hall–Kier alpha value is -1.28. The number of H-pyrrole nitrogens is 1. The molecule has 2 aromatic rings. The SMILES string of the molecule is CC1CCCC(NCCc2c[nH]c3ccccc23)C1C. The van der Waals surface area contributed by atoms with Crippen LogP contribution in [0.2, 0.25) is 0 Å². The molecule has 2 N–H and O–H groups in total. The first-order valence-electron chi connectivity index (χ1n) is 8.04. The van der Waals surface area contributed by atoms with E-state index in [9.17, 15) is 0 Å². The van der Waals surface area contributed by atoms with Crippen LogP contribution in [-0.4, -0.2) is 17.6 Å². The van der Waals surface area contributed by atoms with E-state index < -0.39 is 0 Å². The summed E-state index contributed by atoms with van der Waals surface area (Å²) >= 11 is 0. The highest BCUT2D eigenvalue weighted by Crippen LogP contribution is 2.29. The molecular weight excluding hydrogens is 244 g/mol. The molecule has 2 nitrogen and oxygen atoms in total. The molecule has 3 unspecified atom stereocenters. The molecule has 1 fully saturated rings. The molecule has 1 heterocycles. The van der Waals surface area contributed by atoms with Crippen molar-refractivity contribution in [3.8, 4) is 0 Å². The van der Waals surface area contributed by atoms with Crippen LogP contribution in [0.4, 0.5) is 0 Å². The summed E-state index contributed by atoms with van der Waals surface area (Å²) in [4.78, 5) is 3.36. The fourth-order valence-electron chi connectivity index (χ4n) is 3.60. The predicted molar refractivity (Wildman–Crippen MR) is 86.0 cm³/mol. The van der Waals surface area contributed by atoms with E-state index in [1.165, 1.54) is 35.7 Å². The number of para-hydroxylation sites is 1. The van der Waals surface area contributed by atoms with Gasteiger partial charge in [-0.25, -0.2) is 0 Å². The molecule has 20 heavy (non-hydrogen) atoms. The zero-order chi connectivity index (χ0) is 13.9. The fraction of sp³-hybridized carbons (Fsp3) is 0.556. The van der Waals surface area contributed by atoms with Crippen LogP contribution in [0.25, 0.3) is 10.9 Å². The molecule has 3 rings (SSSR count). The summed E-state index contributed by atoms with van der Waals surface area (Å²) in [6.45, 7) is 5.90. The van der Waals surface area contributed by atoms with Gasteiger partial charge in [0, 0.05) is 23.1 Å². The van der Waals surface area contributed by atoms with Gasteiger partial charge in [-0.15, -0.1) is 0 Å². The van der Waals surface area contributed by atoms with Gasteiger partial charge in [0.1, 0.15) is 0 Å². The second kappa shape index (κ2) is 6.01. The Balaban J connectivity index is 1.57. The topological polar surface area (TPSA) is 27.8 Å². The maximum Gasteiger partial charge on any atom is 0.0456 e. The van der Waals surface area contributed by atoms with Crippen molar-refractivity contribution < 1.29 is 0 Å². The number of fused-ring (bicyclic) bond motifs is 1. The third kappa shape index (κ3) is 2.76. The minimum absolute atomic E-state index is 0.712. The molecule has 1 aliphatic rings. The van der Waals surface area contributed by atoms with Crippen molar-refractivity contribution in [3.63, 3.8) is 0 Å². The third-order valence-corrected chi connectivity index (χ3v) is 5.18. The van der Waals surface area contributed by atoms with Crippen molar-refractivity contribution in [2.24, 2.45) is 11.8 Å². The quantitative estimate of drug-likeness (QED) is 0.859. The maximum absolute atomic E-state index is 3.79. The summed E-state index contributed by atoms with van der Waals surface area (Å²) < 4.78 is 0. The van der Waals surface area contributed by atoms with Gasteiger partial charge >= 0.3 is 0 Å². The average molecular weight is 270 g/mol. The van der Waals surface area contributed by atoms with Gasteiger partial charge in [0.05, 0.1) is 0 Å². The summed E-state index contributed by atoms with van der Waals surface area (Å²) in [5.74, 6) is 1.68. The highest BCUT2D eigenvalue weighted by Gasteiger charge is 2.26. The Morgan fingerprint density at radius 2 is 2.05 bits per heavy atom. The van der Waals surface area contributed by atoms with Crippen molar-refractivity contribution in [3.05, 3.63) is 36.0 Å². The Bertz CT molecular complexity index is 557. The van der Waals surface area contributed by atoms with Crippen molar-refractivity contribution in [1.29, 1.82) is 0 Å². The highest BCUT2D eigenvalue weighted by molar-refractivity contribution is 5.83. The first-order valence-corrected chi connectivity index (χ1v) is 8.04. The fourth-order valence-corrected chi connectivity index (χ4v) is 3.60. The smallest absolute Gasteiger partial charge is 0.0456 e. The summed E-state index contributed by atoms with van der Waals surface area (Å²) in [6, 6.07) is 9.29. The first kappa shape index (κ1) is 13.7. The molecule has 0 aliphatic heterocycles. The van der Waals surface area contributed by atoms with Crippen molar-refractivity contribution in [2.75, 3.05) is 6.54 Å². The molecule has 1 saturated carbocycles. The van der Waals surface area contributed by atoms with Gasteiger partial charge in [-0.2, -0.15) is 0 Å². The van der Waals surface area contributed by atoms with Gasteiger partial charge in [-0.1, -0.05) is 44.9 Å². The van der Waals surface area contributed by atoms with Crippen LogP contribution in [0, 0.1) is 11.8 Å². The van der Waals surface area contributed by atoms with Crippen LogP contribution >= 0.6 is 0 Å². The van der Waals surface area contributed by atoms with Gasteiger partial charge in [0.2, 0.25) is 0 Å². The second-order valence-corrected chi connectivity index (χ2v) is 6.44. The zero-order valence-corrected chi connectivity index (χ0v) is 12.7. The number of rotatable bonds is 4. The molecule has 0 amide bonds. The third-order valence-electron chi connectivity index (χ3n) is 5.18. The molecule has 108 valence electrons. The molecule has 3 atom stereocenters. The molecule has 0 spiro atoms. The maximum atomic E-state index is 3.79. The average Bonchev–Trinajstić information content (AvgIpc) is 2.87. The summed E-state index contributed by atoms with van der Waals surface area (Å²) in [7, 11) is 0. The predicted octanol–water partition coefficient (Wildman–Crippen LogP) is 4.12. The molecule has 0 radical (unpaired) electrons. The van der Waals surface area contributed by atoms with E-state index in [2.05, 4.69) is 54.6 Å². The van der Waals surface area contributed by atoms with Gasteiger partial charge in [0.25, 0.3) is 0 Å². The van der Waals surface area contributed by atoms with Crippen LogP contribution in [0.15, 0.2) is 30.5 Å². The number of aromatic amines is 1. The molecule has 2 heteroatoms. The standard InChI is InChI=1S/C18H26N2/c1-13-6-5-9-17(14(13)2)19-11-10-15-12-20-18-8-4-3-7-16(15)18/h3-4,7-8,12-14,17,19-20H,5-6,9-11H2,1-2H3. The highest BCUT2D eigenvalue weighted by atomic mass is 14.9. The van der Waals surface area contributed by atoms with Crippen LogP contribution in [0.3, 0.4) is 0 Å². The van der Waals surface area contributed by atoms with E-state index in [1.54, 1.807) is 0 Å². The Kier molecular flexibility index (Phi) is 4.11. The minimum Gasteiger partial charge on any atom is -0.361 e. The summed E-state index contributed by atoms with van der Waals surface area (Å²) in [5.41, 5.74) is 2.69. The van der Waals surface area contributed by atoms with E-state index in [0.29, 0.717) is 6.04 Å². The van der Waals surface area contributed by atoms with E-state index in [-0.39, 0.29) is 0 Å². The van der Waals surface area contributed by atoms with Crippen molar-refractivity contribution in [2.45, 2.75) is 45.6 Å². The minimum atomic E-state index is 0.712. The molecule has 1 aromatic heterocycles. The van der Waals surface area contributed by atoms with Crippen molar-refractivity contribution >= 4 is 10.9 Å². The zero-order valence-electron chi connectivity index (χ0n) is 12.7. The van der Waals surface area contributed by atoms with Gasteiger partial charge in [-0.3, -0.25) is 0 Å². The van der Waals surface area contributed by atoms with Gasteiger partial charge < -0.3 is 10.3 Å². The van der Waals surface area contributed by atoms with E-state index in [4.69, 9.17) is 0 Å². The normalized spacial score (nSPS) is 27.0. The second-order valence-electron chi connectivity index (χ2n) is 6.44. The van der Waals surface area contributed by atoms with E-state index in [0.717, 1.165) is 24.8 Å². The van der Waals surface area contributed by atoms with Crippen LogP contribution in [0.1, 0.15) is 38.7 Å². The Morgan fingerprint density at radius 3 is 2.95 bits per heavy atom. The number of hydrogen-bond donors (Lipinski definition) is 2. The lowest BCUT2D eigenvalue weighted by molar-refractivity contribution is 0.208. The van der Waals surface area contributed by atoms with Gasteiger partial charge in [0.15, 0.2) is 0 Å². The van der Waals surface area contributed by atoms with Crippen LogP contribution < -0.4 is 5.32 Å². The molecule has 0 bridgehead atoms. The Morgan fingerprint density at radius 1 is 1.20 bits per heavy atom. The van der Waals surface area contributed by atoms with E-state index >= 15 is 0 Å².